The topological polar surface area (TPSA) is 93.2 Å². The Hall–Kier alpha value is -0.960. The SMILES string of the molecule is Cc1nn(CCN)c(C)c1S(=O)(=O)NN(C)C. The maximum Gasteiger partial charge on any atom is 0.257 e. The van der Waals surface area contributed by atoms with Crippen LogP contribution in [-0.4, -0.2) is 43.8 Å². The zero-order valence-corrected chi connectivity index (χ0v) is 11.4. The predicted octanol–water partition coefficient (Wildman–Crippen LogP) is -0.786. The first-order valence-corrected chi connectivity index (χ1v) is 6.71. The molecule has 0 amide bonds. The Labute approximate surface area is 102 Å². The summed E-state index contributed by atoms with van der Waals surface area (Å²) in [6, 6.07) is 0. The molecule has 1 aromatic rings. The number of hydrogen-bond acceptors (Lipinski definition) is 5. The summed E-state index contributed by atoms with van der Waals surface area (Å²) in [6.45, 7) is 4.32. The second-order valence-electron chi connectivity index (χ2n) is 4.00. The number of hydrazine groups is 1. The minimum absolute atomic E-state index is 0.222. The molecule has 0 atom stereocenters. The Morgan fingerprint density at radius 2 is 2.00 bits per heavy atom. The van der Waals surface area contributed by atoms with Crippen LogP contribution in [0.1, 0.15) is 11.4 Å². The average molecular weight is 261 g/mol. The summed E-state index contributed by atoms with van der Waals surface area (Å²) in [4.78, 5) is 2.62. The first kappa shape index (κ1) is 14.1. The fourth-order valence-corrected chi connectivity index (χ4v) is 3.19. The number of nitrogens with one attached hydrogen (secondary N) is 1. The van der Waals surface area contributed by atoms with E-state index in [2.05, 4.69) is 9.93 Å². The average Bonchev–Trinajstić information content (AvgIpc) is 2.40. The maximum atomic E-state index is 12.1. The highest BCUT2D eigenvalue weighted by Gasteiger charge is 2.24. The first-order valence-electron chi connectivity index (χ1n) is 5.23. The molecule has 98 valence electrons. The van der Waals surface area contributed by atoms with Crippen molar-refractivity contribution < 1.29 is 8.42 Å². The fraction of sp³-hybridized carbons (Fsp3) is 0.667. The maximum absolute atomic E-state index is 12.1. The molecule has 0 radical (unpaired) electrons. The van der Waals surface area contributed by atoms with Crippen molar-refractivity contribution in [2.45, 2.75) is 25.3 Å². The number of nitrogens with two attached hydrogens (primary N) is 1. The second-order valence-corrected chi connectivity index (χ2v) is 5.60. The summed E-state index contributed by atoms with van der Waals surface area (Å²) in [5.74, 6) is 0. The highest BCUT2D eigenvalue weighted by molar-refractivity contribution is 7.89. The van der Waals surface area contributed by atoms with Crippen molar-refractivity contribution in [2.75, 3.05) is 20.6 Å². The molecule has 1 rings (SSSR count). The van der Waals surface area contributed by atoms with E-state index in [0.717, 1.165) is 0 Å². The summed E-state index contributed by atoms with van der Waals surface area (Å²) < 4.78 is 25.7. The van der Waals surface area contributed by atoms with Crippen molar-refractivity contribution in [2.24, 2.45) is 5.73 Å². The highest BCUT2D eigenvalue weighted by atomic mass is 32.2. The van der Waals surface area contributed by atoms with Crippen LogP contribution in [0.4, 0.5) is 0 Å². The third-order valence-corrected chi connectivity index (χ3v) is 3.96. The summed E-state index contributed by atoms with van der Waals surface area (Å²) in [5, 5.41) is 5.56. The van der Waals surface area contributed by atoms with Crippen LogP contribution < -0.4 is 10.6 Å². The summed E-state index contributed by atoms with van der Waals surface area (Å²) >= 11 is 0. The molecule has 0 unspecified atom stereocenters. The van der Waals surface area contributed by atoms with Crippen molar-refractivity contribution in [3.8, 4) is 0 Å². The van der Waals surface area contributed by atoms with Crippen LogP contribution in [0, 0.1) is 13.8 Å². The second kappa shape index (κ2) is 5.13. The van der Waals surface area contributed by atoms with E-state index in [0.29, 0.717) is 24.5 Å². The molecule has 0 spiro atoms. The Morgan fingerprint density at radius 3 is 2.47 bits per heavy atom. The molecule has 0 saturated carbocycles. The summed E-state index contributed by atoms with van der Waals surface area (Å²) in [6.07, 6.45) is 0. The molecule has 0 saturated heterocycles. The van der Waals surface area contributed by atoms with Crippen LogP contribution in [0.15, 0.2) is 4.90 Å². The van der Waals surface area contributed by atoms with E-state index in [9.17, 15) is 8.42 Å². The van der Waals surface area contributed by atoms with Crippen LogP contribution in [0.2, 0.25) is 0 Å². The largest absolute Gasteiger partial charge is 0.329 e. The number of nitrogens with zero attached hydrogens (tertiary/aromatic N) is 3. The van der Waals surface area contributed by atoms with Gasteiger partial charge in [0.05, 0.1) is 17.9 Å². The number of sulfonamides is 1. The van der Waals surface area contributed by atoms with E-state index in [1.54, 1.807) is 32.6 Å². The van der Waals surface area contributed by atoms with Gasteiger partial charge in [-0.3, -0.25) is 4.68 Å². The molecule has 1 heterocycles. The molecule has 8 heteroatoms. The number of hydrogen-bond donors (Lipinski definition) is 2. The lowest BCUT2D eigenvalue weighted by molar-refractivity contribution is 0.363. The zero-order chi connectivity index (χ0) is 13.2. The third-order valence-electron chi connectivity index (χ3n) is 2.23. The van der Waals surface area contributed by atoms with E-state index in [4.69, 9.17) is 5.73 Å². The van der Waals surface area contributed by atoms with E-state index in [1.807, 2.05) is 0 Å². The summed E-state index contributed by atoms with van der Waals surface area (Å²) in [7, 11) is -0.331. The normalized spacial score (nSPS) is 12.4. The van der Waals surface area contributed by atoms with Gasteiger partial charge in [0.15, 0.2) is 0 Å². The molecule has 3 N–H and O–H groups in total. The van der Waals surface area contributed by atoms with E-state index in [-0.39, 0.29) is 4.90 Å². The van der Waals surface area contributed by atoms with Gasteiger partial charge in [0.2, 0.25) is 0 Å². The van der Waals surface area contributed by atoms with E-state index >= 15 is 0 Å². The van der Waals surface area contributed by atoms with Crippen molar-refractivity contribution in [1.82, 2.24) is 19.6 Å². The Balaban J connectivity index is 3.22. The van der Waals surface area contributed by atoms with Gasteiger partial charge in [-0.05, 0) is 13.8 Å². The van der Waals surface area contributed by atoms with E-state index < -0.39 is 10.0 Å². The Bertz CT molecular complexity index is 492. The third kappa shape index (κ3) is 3.03. The van der Waals surface area contributed by atoms with Gasteiger partial charge in [0.1, 0.15) is 4.90 Å². The lowest BCUT2D eigenvalue weighted by Gasteiger charge is -2.12. The molecule has 1 aromatic heterocycles. The van der Waals surface area contributed by atoms with Crippen molar-refractivity contribution in [3.63, 3.8) is 0 Å². The molecule has 7 nitrogen and oxygen atoms in total. The molecule has 17 heavy (non-hydrogen) atoms. The zero-order valence-electron chi connectivity index (χ0n) is 10.6. The fourth-order valence-electron chi connectivity index (χ4n) is 1.70. The molecule has 0 fully saturated rings. The predicted molar refractivity (Wildman–Crippen MR) is 64.8 cm³/mol. The Kier molecular flexibility index (Phi) is 4.26. The lowest BCUT2D eigenvalue weighted by Crippen LogP contribution is -2.36. The number of rotatable bonds is 5. The van der Waals surface area contributed by atoms with Crippen molar-refractivity contribution in [3.05, 3.63) is 11.4 Å². The highest BCUT2D eigenvalue weighted by Crippen LogP contribution is 2.18. The monoisotopic (exact) mass is 261 g/mol. The molecule has 0 aliphatic heterocycles. The minimum Gasteiger partial charge on any atom is -0.329 e. The van der Waals surface area contributed by atoms with Gasteiger partial charge >= 0.3 is 0 Å². The Morgan fingerprint density at radius 1 is 1.41 bits per heavy atom. The van der Waals surface area contributed by atoms with Crippen LogP contribution in [0.5, 0.6) is 0 Å². The first-order chi connectivity index (χ1) is 7.79. The standard InChI is InChI=1S/C9H19N5O2S/c1-7-9(17(15,16)12-13(3)4)8(2)14(11-7)6-5-10/h12H,5-6,10H2,1-4H3. The number of aryl methyl sites for hydroxylation is 1. The van der Waals surface area contributed by atoms with Gasteiger partial charge in [0, 0.05) is 20.6 Å². The molecule has 0 aromatic carbocycles. The molecular weight excluding hydrogens is 242 g/mol. The molecule has 0 aliphatic rings. The van der Waals surface area contributed by atoms with Gasteiger partial charge in [0.25, 0.3) is 10.0 Å². The van der Waals surface area contributed by atoms with E-state index in [1.165, 1.54) is 5.01 Å². The quantitative estimate of drug-likeness (QED) is 0.678. The molecule has 0 aliphatic carbocycles. The van der Waals surface area contributed by atoms with Gasteiger partial charge in [-0.1, -0.05) is 0 Å². The molecule has 0 bridgehead atoms. The van der Waals surface area contributed by atoms with Gasteiger partial charge in [-0.2, -0.15) is 5.10 Å². The lowest BCUT2D eigenvalue weighted by atomic mass is 10.4. The van der Waals surface area contributed by atoms with Crippen LogP contribution in [-0.2, 0) is 16.6 Å². The van der Waals surface area contributed by atoms with Gasteiger partial charge in [-0.25, -0.2) is 13.4 Å². The summed E-state index contributed by atoms with van der Waals surface area (Å²) in [5.41, 5.74) is 6.52. The number of aromatic nitrogens is 2. The van der Waals surface area contributed by atoms with Crippen LogP contribution in [0.25, 0.3) is 0 Å². The van der Waals surface area contributed by atoms with Gasteiger partial charge in [-0.15, -0.1) is 4.83 Å². The van der Waals surface area contributed by atoms with Crippen molar-refractivity contribution in [1.29, 1.82) is 0 Å². The smallest absolute Gasteiger partial charge is 0.257 e. The van der Waals surface area contributed by atoms with Gasteiger partial charge < -0.3 is 5.73 Å². The molecular formula is C9H19N5O2S. The minimum atomic E-state index is -3.57. The van der Waals surface area contributed by atoms with Crippen LogP contribution >= 0.6 is 0 Å². The van der Waals surface area contributed by atoms with Crippen molar-refractivity contribution >= 4 is 10.0 Å². The van der Waals surface area contributed by atoms with Crippen LogP contribution in [0.3, 0.4) is 0 Å².